The summed E-state index contributed by atoms with van der Waals surface area (Å²) in [6.07, 6.45) is 4.05. The number of hydrogen-bond donors (Lipinski definition) is 2. The van der Waals surface area contributed by atoms with E-state index in [1.54, 1.807) is 20.2 Å². The molecule has 1 aliphatic carbocycles. The van der Waals surface area contributed by atoms with Crippen LogP contribution in [0, 0.1) is 5.92 Å². The fourth-order valence-corrected chi connectivity index (χ4v) is 6.88. The third-order valence-electron chi connectivity index (χ3n) is 7.81. The molecule has 9 nitrogen and oxygen atoms in total. The Morgan fingerprint density at radius 3 is 2.39 bits per heavy atom. The van der Waals surface area contributed by atoms with Crippen LogP contribution < -0.4 is 16.3 Å². The number of aromatic nitrogens is 3. The second-order valence-corrected chi connectivity index (χ2v) is 12.8. The summed E-state index contributed by atoms with van der Waals surface area (Å²) in [6, 6.07) is 10.9. The van der Waals surface area contributed by atoms with Gasteiger partial charge < -0.3 is 20.0 Å². The van der Waals surface area contributed by atoms with Crippen LogP contribution in [0.1, 0.15) is 49.8 Å². The lowest BCUT2D eigenvalue weighted by molar-refractivity contribution is -0.0493. The summed E-state index contributed by atoms with van der Waals surface area (Å²) in [5.41, 5.74) is 10.1. The van der Waals surface area contributed by atoms with Crippen LogP contribution in [-0.4, -0.2) is 54.3 Å². The number of ether oxygens (including phenoxy) is 1. The second-order valence-electron chi connectivity index (χ2n) is 10.8. The van der Waals surface area contributed by atoms with Crippen molar-refractivity contribution in [1.29, 1.82) is 0 Å². The van der Waals surface area contributed by atoms with Gasteiger partial charge >= 0.3 is 0 Å². The molecule has 0 amide bonds. The normalized spacial score (nSPS) is 17.4. The van der Waals surface area contributed by atoms with E-state index in [0.29, 0.717) is 38.9 Å². The highest BCUT2D eigenvalue weighted by Gasteiger charge is 2.40. The van der Waals surface area contributed by atoms with Crippen LogP contribution >= 0.6 is 0 Å². The van der Waals surface area contributed by atoms with Crippen LogP contribution in [0.25, 0.3) is 27.6 Å². The van der Waals surface area contributed by atoms with Crippen molar-refractivity contribution in [3.8, 4) is 5.88 Å². The molecular weight excluding hydrogens is 550 g/mol. The molecule has 4 N–H and O–H groups in total. The Hall–Kier alpha value is -3.77. The van der Waals surface area contributed by atoms with Crippen LogP contribution in [0.5, 0.6) is 5.88 Å². The van der Waals surface area contributed by atoms with Gasteiger partial charge in [-0.15, -0.1) is 0 Å². The van der Waals surface area contributed by atoms with Crippen molar-refractivity contribution in [3.05, 3.63) is 65.6 Å². The fourth-order valence-electron chi connectivity index (χ4n) is 6.08. The molecule has 12 heteroatoms. The van der Waals surface area contributed by atoms with E-state index in [1.807, 2.05) is 41.0 Å². The molecule has 1 aromatic carbocycles. The number of nitrogens with two attached hydrogens (primary N) is 2. The standard InChI is InChI=1S/C29H34F2N6O3S/c1-17(32)25(36(2)33)20-14-21-24(34-15-20)23-27(22(41(4,38)39)16-35-28(23)40-3)37(21)26(18-8-6-5-7-9-18)19-10-12-29(30,31)13-11-19/h5-9,14-16,19,26H,10-13,32-33H2,1-4H3/b25-17-/t26-/m1/s1. The highest BCUT2D eigenvalue weighted by molar-refractivity contribution is 7.91. The number of hydrogen-bond acceptors (Lipinski definition) is 8. The lowest BCUT2D eigenvalue weighted by Crippen LogP contribution is -2.30. The van der Waals surface area contributed by atoms with Crippen molar-refractivity contribution in [2.45, 2.75) is 49.5 Å². The summed E-state index contributed by atoms with van der Waals surface area (Å²) in [4.78, 5) is 9.08. The second kappa shape index (κ2) is 10.6. The first-order valence-electron chi connectivity index (χ1n) is 13.3. The summed E-state index contributed by atoms with van der Waals surface area (Å²) < 4.78 is 62.6. The van der Waals surface area contributed by atoms with E-state index in [-0.39, 0.29) is 42.4 Å². The number of sulfone groups is 1. The average Bonchev–Trinajstić information content (AvgIpc) is 3.23. The van der Waals surface area contributed by atoms with Crippen molar-refractivity contribution in [3.63, 3.8) is 0 Å². The van der Waals surface area contributed by atoms with E-state index in [1.165, 1.54) is 18.3 Å². The molecule has 0 radical (unpaired) electrons. The molecule has 0 saturated heterocycles. The first-order valence-corrected chi connectivity index (χ1v) is 15.2. The summed E-state index contributed by atoms with van der Waals surface area (Å²) in [5, 5.41) is 1.82. The summed E-state index contributed by atoms with van der Waals surface area (Å²) >= 11 is 0. The number of allylic oxidation sites excluding steroid dienone is 1. The minimum absolute atomic E-state index is 0.00312. The zero-order valence-corrected chi connectivity index (χ0v) is 24.3. The lowest BCUT2D eigenvalue weighted by Gasteiger charge is -2.36. The predicted molar refractivity (Wildman–Crippen MR) is 155 cm³/mol. The topological polar surface area (TPSA) is 129 Å². The van der Waals surface area contributed by atoms with E-state index in [2.05, 4.69) is 4.98 Å². The Bertz CT molecular complexity index is 1740. The molecule has 3 heterocycles. The van der Waals surface area contributed by atoms with Crippen LogP contribution in [0.2, 0.25) is 0 Å². The molecule has 0 bridgehead atoms. The Labute approximate surface area is 237 Å². The van der Waals surface area contributed by atoms with E-state index < -0.39 is 21.8 Å². The third-order valence-corrected chi connectivity index (χ3v) is 8.91. The molecule has 1 saturated carbocycles. The van der Waals surface area contributed by atoms with Gasteiger partial charge in [0.1, 0.15) is 10.4 Å². The minimum Gasteiger partial charge on any atom is -0.480 e. The number of alkyl halides is 2. The van der Waals surface area contributed by atoms with E-state index in [9.17, 15) is 17.2 Å². The molecule has 1 atom stereocenters. The predicted octanol–water partition coefficient (Wildman–Crippen LogP) is 4.86. The molecule has 0 unspecified atom stereocenters. The number of rotatable bonds is 7. The quantitative estimate of drug-likeness (QED) is 0.233. The van der Waals surface area contributed by atoms with Crippen molar-refractivity contribution < 1.29 is 21.9 Å². The lowest BCUT2D eigenvalue weighted by atomic mass is 9.79. The van der Waals surface area contributed by atoms with Crippen LogP contribution in [0.4, 0.5) is 8.78 Å². The van der Waals surface area contributed by atoms with Crippen molar-refractivity contribution in [2.75, 3.05) is 20.4 Å². The minimum atomic E-state index is -3.79. The molecule has 0 spiro atoms. The van der Waals surface area contributed by atoms with Gasteiger partial charge in [0.25, 0.3) is 0 Å². The first kappa shape index (κ1) is 28.7. The van der Waals surface area contributed by atoms with Gasteiger partial charge in [-0.25, -0.2) is 28.0 Å². The van der Waals surface area contributed by atoms with Gasteiger partial charge in [0, 0.05) is 43.6 Å². The highest BCUT2D eigenvalue weighted by Crippen LogP contribution is 2.47. The monoisotopic (exact) mass is 584 g/mol. The molecule has 5 rings (SSSR count). The molecule has 41 heavy (non-hydrogen) atoms. The summed E-state index contributed by atoms with van der Waals surface area (Å²) in [5.74, 6) is 3.39. The van der Waals surface area contributed by atoms with E-state index in [0.717, 1.165) is 11.8 Å². The first-order chi connectivity index (χ1) is 19.3. The number of fused-ring (bicyclic) bond motifs is 3. The number of benzene rings is 1. The third kappa shape index (κ3) is 5.21. The van der Waals surface area contributed by atoms with Crippen LogP contribution in [0.15, 0.2) is 59.4 Å². The number of nitrogens with zero attached hydrogens (tertiary/aromatic N) is 4. The molecular formula is C29H34F2N6O3S. The highest BCUT2D eigenvalue weighted by atomic mass is 32.2. The maximum Gasteiger partial charge on any atom is 0.248 e. The van der Waals surface area contributed by atoms with Gasteiger partial charge in [-0.1, -0.05) is 30.3 Å². The van der Waals surface area contributed by atoms with Gasteiger partial charge in [0.2, 0.25) is 11.8 Å². The molecule has 218 valence electrons. The van der Waals surface area contributed by atoms with Crippen LogP contribution in [0.3, 0.4) is 0 Å². The zero-order valence-electron chi connectivity index (χ0n) is 23.4. The van der Waals surface area contributed by atoms with Crippen LogP contribution in [-0.2, 0) is 9.84 Å². The average molecular weight is 585 g/mol. The van der Waals surface area contributed by atoms with E-state index in [4.69, 9.17) is 21.3 Å². The molecule has 0 aliphatic heterocycles. The largest absolute Gasteiger partial charge is 0.480 e. The Kier molecular flexibility index (Phi) is 7.41. The van der Waals surface area contributed by atoms with Gasteiger partial charge in [-0.05, 0) is 37.3 Å². The van der Waals surface area contributed by atoms with Crippen molar-refractivity contribution in [1.82, 2.24) is 19.5 Å². The smallest absolute Gasteiger partial charge is 0.248 e. The number of methoxy groups -OCH3 is 1. The molecule has 4 aromatic rings. The fraction of sp³-hybridized carbons (Fsp3) is 0.379. The van der Waals surface area contributed by atoms with Gasteiger partial charge in [-0.3, -0.25) is 4.98 Å². The maximum atomic E-state index is 14.3. The Balaban J connectivity index is 1.96. The maximum absolute atomic E-state index is 14.3. The molecule has 1 aliphatic rings. The number of hydrazine groups is 1. The van der Waals surface area contributed by atoms with Gasteiger partial charge in [0.05, 0.1) is 41.5 Å². The molecule has 1 fully saturated rings. The van der Waals surface area contributed by atoms with Gasteiger partial charge in [0.15, 0.2) is 9.84 Å². The van der Waals surface area contributed by atoms with E-state index >= 15 is 0 Å². The zero-order chi connectivity index (χ0) is 29.7. The Morgan fingerprint density at radius 1 is 1.17 bits per heavy atom. The van der Waals surface area contributed by atoms with Crippen molar-refractivity contribution >= 4 is 37.5 Å². The summed E-state index contributed by atoms with van der Waals surface area (Å²) in [6.45, 7) is 1.72. The number of halogens is 2. The number of pyridine rings is 2. The summed E-state index contributed by atoms with van der Waals surface area (Å²) in [7, 11) is -0.668. The van der Waals surface area contributed by atoms with Gasteiger partial charge in [-0.2, -0.15) is 0 Å². The SMILES string of the molecule is COc1ncc(S(C)(=O)=O)c2c1c1ncc(/C(=C(\C)N)N(C)N)cc1n2[C@H](c1ccccc1)C1CCC(F)(F)CC1. The van der Waals surface area contributed by atoms with Crippen molar-refractivity contribution in [2.24, 2.45) is 17.5 Å². The molecule has 3 aromatic heterocycles. The Morgan fingerprint density at radius 2 is 1.83 bits per heavy atom.